The van der Waals surface area contributed by atoms with Gasteiger partial charge in [-0.3, -0.25) is 10.3 Å². The Balaban J connectivity index is 3.40. The third-order valence-corrected chi connectivity index (χ3v) is 0.655. The van der Waals surface area contributed by atoms with E-state index in [-0.39, 0.29) is 12.3 Å². The van der Waals surface area contributed by atoms with E-state index in [1.165, 1.54) is 6.08 Å². The Labute approximate surface area is 58.8 Å². The van der Waals surface area contributed by atoms with Gasteiger partial charge in [-0.15, -0.1) is 6.58 Å². The number of hydrogen-bond acceptors (Lipinski definition) is 3. The molecule has 2 N–H and O–H groups in total. The lowest BCUT2D eigenvalue weighted by atomic mass is 10.5. The van der Waals surface area contributed by atoms with E-state index >= 15 is 0 Å². The fourth-order valence-electron chi connectivity index (χ4n) is 0.231. The van der Waals surface area contributed by atoms with Crippen molar-refractivity contribution in [3.8, 4) is 0 Å². The summed E-state index contributed by atoms with van der Waals surface area (Å²) in [5, 5.41) is 8.21. The van der Waals surface area contributed by atoms with Crippen LogP contribution in [0.15, 0.2) is 24.9 Å². The molecule has 0 heterocycles. The van der Waals surface area contributed by atoms with Crippen molar-refractivity contribution in [3.63, 3.8) is 0 Å². The molecule has 0 rings (SSSR count). The summed E-state index contributed by atoms with van der Waals surface area (Å²) in [5.74, 6) is -1.14. The highest BCUT2D eigenvalue weighted by atomic mass is 16.6. The summed E-state index contributed by atoms with van der Waals surface area (Å²) >= 11 is 0. The van der Waals surface area contributed by atoms with Crippen molar-refractivity contribution in [3.05, 3.63) is 24.9 Å². The summed E-state index contributed by atoms with van der Waals surface area (Å²) in [6.07, 6.45) is 1.49. The molecule has 10 heavy (non-hydrogen) atoms. The van der Waals surface area contributed by atoms with Gasteiger partial charge >= 0.3 is 5.97 Å². The molecule has 0 amide bonds. The Morgan fingerprint density at radius 3 is 2.80 bits per heavy atom. The first-order valence-electron chi connectivity index (χ1n) is 2.59. The summed E-state index contributed by atoms with van der Waals surface area (Å²) in [4.78, 5) is 14.6. The van der Waals surface area contributed by atoms with Crippen LogP contribution >= 0.6 is 0 Å². The largest absolute Gasteiger partial charge is 0.477 e. The van der Waals surface area contributed by atoms with E-state index in [0.29, 0.717) is 0 Å². The van der Waals surface area contributed by atoms with Crippen LogP contribution in [0.3, 0.4) is 0 Å². The minimum atomic E-state index is -1.14. The molecule has 56 valence electrons. The number of carboxylic acid groups (broad SMARTS) is 1. The summed E-state index contributed by atoms with van der Waals surface area (Å²) in [6, 6.07) is 0. The van der Waals surface area contributed by atoms with E-state index in [4.69, 9.17) is 5.11 Å². The van der Waals surface area contributed by atoms with E-state index in [9.17, 15) is 4.79 Å². The molecule has 0 atom stereocenters. The molecule has 0 spiro atoms. The van der Waals surface area contributed by atoms with Crippen molar-refractivity contribution in [2.24, 2.45) is 0 Å². The number of hydrogen-bond donors (Lipinski definition) is 2. The smallest absolute Gasteiger partial charge is 0.353 e. The normalized spacial score (nSPS) is 8.40. The maximum atomic E-state index is 10.0. The molecule has 4 nitrogen and oxygen atoms in total. The molecule has 0 radical (unpaired) electrons. The number of carboxylic acids is 1. The van der Waals surface area contributed by atoms with Gasteiger partial charge in [-0.1, -0.05) is 12.7 Å². The number of nitrogens with one attached hydrogen (secondary N) is 1. The van der Waals surface area contributed by atoms with Crippen molar-refractivity contribution >= 4 is 5.97 Å². The van der Waals surface area contributed by atoms with Crippen molar-refractivity contribution < 1.29 is 14.7 Å². The molecule has 0 aromatic carbocycles. The van der Waals surface area contributed by atoms with E-state index in [1.54, 1.807) is 0 Å². The fourth-order valence-corrected chi connectivity index (χ4v) is 0.231. The van der Waals surface area contributed by atoms with Crippen LogP contribution in [-0.4, -0.2) is 17.7 Å². The van der Waals surface area contributed by atoms with Gasteiger partial charge in [0.25, 0.3) is 0 Å². The third kappa shape index (κ3) is 3.68. The first-order chi connectivity index (χ1) is 4.68. The molecule has 4 heteroatoms. The minimum Gasteiger partial charge on any atom is -0.477 e. The molecule has 0 fully saturated rings. The van der Waals surface area contributed by atoms with Crippen molar-refractivity contribution in [2.75, 3.05) is 6.61 Å². The first kappa shape index (κ1) is 8.71. The standard InChI is InChI=1S/C6H9NO3/c1-3-4-10-7-5(2)6(8)9/h3,7H,1-2,4H2,(H,8,9). The summed E-state index contributed by atoms with van der Waals surface area (Å²) in [6.45, 7) is 6.76. The second-order valence-corrected chi connectivity index (χ2v) is 1.49. The molecule has 0 aromatic heterocycles. The lowest BCUT2D eigenvalue weighted by Gasteiger charge is -2.01. The molecule has 0 aliphatic carbocycles. The molecule has 0 unspecified atom stereocenters. The van der Waals surface area contributed by atoms with Gasteiger partial charge in [-0.2, -0.15) is 0 Å². The minimum absolute atomic E-state index is 0.193. The zero-order valence-corrected chi connectivity index (χ0v) is 5.46. The quantitative estimate of drug-likeness (QED) is 0.251. The average Bonchev–Trinajstić information content (AvgIpc) is 1.88. The van der Waals surface area contributed by atoms with Crippen LogP contribution in [0.5, 0.6) is 0 Å². The van der Waals surface area contributed by atoms with Crippen LogP contribution in [-0.2, 0) is 9.63 Å². The number of aliphatic carboxylic acids is 1. The predicted octanol–water partition coefficient (Wildman–Crippen LogP) is 0.292. The van der Waals surface area contributed by atoms with E-state index in [0.717, 1.165) is 0 Å². The van der Waals surface area contributed by atoms with Gasteiger partial charge in [-0.05, 0) is 0 Å². The van der Waals surface area contributed by atoms with E-state index in [2.05, 4.69) is 23.5 Å². The van der Waals surface area contributed by atoms with Gasteiger partial charge in [0.05, 0.1) is 6.61 Å². The fraction of sp³-hybridized carbons (Fsp3) is 0.167. The molecule has 0 aliphatic rings. The van der Waals surface area contributed by atoms with Gasteiger partial charge in [0, 0.05) is 0 Å². The summed E-state index contributed by atoms with van der Waals surface area (Å²) in [5.41, 5.74) is 1.92. The van der Waals surface area contributed by atoms with Crippen LogP contribution in [0.1, 0.15) is 0 Å². The molecular weight excluding hydrogens is 134 g/mol. The lowest BCUT2D eigenvalue weighted by Crippen LogP contribution is -2.19. The van der Waals surface area contributed by atoms with Crippen LogP contribution < -0.4 is 5.48 Å². The predicted molar refractivity (Wildman–Crippen MR) is 36.1 cm³/mol. The average molecular weight is 143 g/mol. The molecule has 0 saturated heterocycles. The Morgan fingerprint density at radius 2 is 2.40 bits per heavy atom. The van der Waals surface area contributed by atoms with Gasteiger partial charge < -0.3 is 5.11 Å². The highest BCUT2D eigenvalue weighted by Crippen LogP contribution is 1.82. The van der Waals surface area contributed by atoms with E-state index < -0.39 is 5.97 Å². The Morgan fingerprint density at radius 1 is 1.80 bits per heavy atom. The van der Waals surface area contributed by atoms with Gasteiger partial charge in [0.15, 0.2) is 0 Å². The van der Waals surface area contributed by atoms with Crippen molar-refractivity contribution in [1.29, 1.82) is 0 Å². The number of hydroxylamine groups is 1. The summed E-state index contributed by atoms with van der Waals surface area (Å²) in [7, 11) is 0. The van der Waals surface area contributed by atoms with Gasteiger partial charge in [-0.25, -0.2) is 4.79 Å². The second kappa shape index (κ2) is 4.58. The van der Waals surface area contributed by atoms with Crippen LogP contribution in [0.25, 0.3) is 0 Å². The maximum Gasteiger partial charge on any atom is 0.353 e. The SMILES string of the molecule is C=CCONC(=C)C(=O)O. The summed E-state index contributed by atoms with van der Waals surface area (Å²) < 4.78 is 0. The van der Waals surface area contributed by atoms with Gasteiger partial charge in [0.1, 0.15) is 5.70 Å². The maximum absolute atomic E-state index is 10.0. The lowest BCUT2D eigenvalue weighted by molar-refractivity contribution is -0.134. The van der Waals surface area contributed by atoms with E-state index in [1.807, 2.05) is 0 Å². The van der Waals surface area contributed by atoms with Crippen molar-refractivity contribution in [1.82, 2.24) is 5.48 Å². The first-order valence-corrected chi connectivity index (χ1v) is 2.59. The third-order valence-electron chi connectivity index (χ3n) is 0.655. The molecule has 0 bridgehead atoms. The molecule has 0 aliphatic heterocycles. The van der Waals surface area contributed by atoms with Crippen LogP contribution in [0.2, 0.25) is 0 Å². The zero-order valence-electron chi connectivity index (χ0n) is 5.46. The molecule has 0 saturated carbocycles. The second-order valence-electron chi connectivity index (χ2n) is 1.49. The molecular formula is C6H9NO3. The van der Waals surface area contributed by atoms with Crippen LogP contribution in [0, 0.1) is 0 Å². The zero-order chi connectivity index (χ0) is 7.98. The highest BCUT2D eigenvalue weighted by Gasteiger charge is 2.00. The Hall–Kier alpha value is -1.29. The highest BCUT2D eigenvalue weighted by molar-refractivity contribution is 5.84. The monoisotopic (exact) mass is 143 g/mol. The number of carbonyl (C=O) groups is 1. The van der Waals surface area contributed by atoms with Crippen molar-refractivity contribution in [2.45, 2.75) is 0 Å². The Bertz CT molecular complexity index is 153. The van der Waals surface area contributed by atoms with Gasteiger partial charge in [0.2, 0.25) is 0 Å². The van der Waals surface area contributed by atoms with Crippen LogP contribution in [0.4, 0.5) is 0 Å². The molecule has 0 aromatic rings. The number of rotatable bonds is 5. The Kier molecular flexibility index (Phi) is 3.99. The topological polar surface area (TPSA) is 58.6 Å².